The van der Waals surface area contributed by atoms with Gasteiger partial charge in [0.1, 0.15) is 10.7 Å². The van der Waals surface area contributed by atoms with E-state index in [1.54, 1.807) is 6.07 Å². The Kier molecular flexibility index (Phi) is 4.81. The second-order valence-corrected chi connectivity index (χ2v) is 7.77. The molecule has 0 saturated carbocycles. The maximum atomic E-state index is 6.04. The molecule has 0 aliphatic carbocycles. The van der Waals surface area contributed by atoms with E-state index in [9.17, 15) is 0 Å². The maximum Gasteiger partial charge on any atom is 0.209 e. The van der Waals surface area contributed by atoms with Crippen molar-refractivity contribution in [3.05, 3.63) is 29.6 Å². The molecule has 0 saturated heterocycles. The van der Waals surface area contributed by atoms with Crippen molar-refractivity contribution in [2.75, 3.05) is 5.32 Å². The first-order valence-electron chi connectivity index (χ1n) is 7.63. The first kappa shape index (κ1) is 16.8. The first-order valence-corrected chi connectivity index (χ1v) is 8.01. The predicted octanol–water partition coefficient (Wildman–Crippen LogP) is 5.10. The SMILES string of the molecule is C=C(CC(C)(C)C)Nc1nc2ccc(Cl)nc2n1CC(C)C. The molecule has 0 atom stereocenters. The molecule has 22 heavy (non-hydrogen) atoms. The minimum atomic E-state index is 0.181. The number of nitrogens with one attached hydrogen (secondary N) is 1. The Morgan fingerprint density at radius 1 is 1.32 bits per heavy atom. The molecule has 2 aromatic rings. The van der Waals surface area contributed by atoms with Crippen LogP contribution >= 0.6 is 11.6 Å². The molecule has 0 amide bonds. The van der Waals surface area contributed by atoms with Crippen LogP contribution in [0.5, 0.6) is 0 Å². The van der Waals surface area contributed by atoms with Gasteiger partial charge in [-0.2, -0.15) is 0 Å². The predicted molar refractivity (Wildman–Crippen MR) is 94.2 cm³/mol. The highest BCUT2D eigenvalue weighted by Crippen LogP contribution is 2.26. The van der Waals surface area contributed by atoms with Gasteiger partial charge in [0.15, 0.2) is 5.65 Å². The lowest BCUT2D eigenvalue weighted by atomic mass is 9.91. The lowest BCUT2D eigenvalue weighted by molar-refractivity contribution is 0.410. The van der Waals surface area contributed by atoms with Gasteiger partial charge in [-0.1, -0.05) is 52.8 Å². The van der Waals surface area contributed by atoms with Crippen LogP contribution in [0.25, 0.3) is 11.2 Å². The van der Waals surface area contributed by atoms with Crippen LogP contribution in [0.4, 0.5) is 5.95 Å². The zero-order valence-electron chi connectivity index (χ0n) is 14.1. The molecule has 0 unspecified atom stereocenters. The van der Waals surface area contributed by atoms with Crippen molar-refractivity contribution in [1.29, 1.82) is 0 Å². The van der Waals surface area contributed by atoms with Gasteiger partial charge in [-0.25, -0.2) is 9.97 Å². The highest BCUT2D eigenvalue weighted by atomic mass is 35.5. The Bertz CT molecular complexity index is 680. The Balaban J connectivity index is 2.37. The Hall–Kier alpha value is -1.55. The summed E-state index contributed by atoms with van der Waals surface area (Å²) in [6, 6.07) is 3.67. The number of nitrogens with zero attached hydrogens (tertiary/aromatic N) is 3. The number of aromatic nitrogens is 3. The molecule has 0 aliphatic rings. The molecule has 0 fully saturated rings. The normalized spacial score (nSPS) is 12.1. The number of rotatable bonds is 5. The summed E-state index contributed by atoms with van der Waals surface area (Å²) in [5, 5.41) is 3.84. The van der Waals surface area contributed by atoms with E-state index in [-0.39, 0.29) is 5.41 Å². The third-order valence-electron chi connectivity index (χ3n) is 3.14. The van der Waals surface area contributed by atoms with Crippen molar-refractivity contribution in [3.63, 3.8) is 0 Å². The highest BCUT2D eigenvalue weighted by molar-refractivity contribution is 6.29. The van der Waals surface area contributed by atoms with E-state index in [4.69, 9.17) is 11.6 Å². The average Bonchev–Trinajstić information content (AvgIpc) is 2.64. The third kappa shape index (κ3) is 4.23. The molecule has 5 heteroatoms. The smallest absolute Gasteiger partial charge is 0.209 e. The van der Waals surface area contributed by atoms with E-state index in [1.807, 2.05) is 6.07 Å². The monoisotopic (exact) mass is 320 g/mol. The van der Waals surface area contributed by atoms with Gasteiger partial charge >= 0.3 is 0 Å². The molecule has 0 aromatic carbocycles. The Labute approximate surface area is 137 Å². The second-order valence-electron chi connectivity index (χ2n) is 7.38. The van der Waals surface area contributed by atoms with Crippen molar-refractivity contribution < 1.29 is 0 Å². The van der Waals surface area contributed by atoms with Gasteiger partial charge < -0.3 is 5.32 Å². The van der Waals surface area contributed by atoms with Crippen molar-refractivity contribution in [2.24, 2.45) is 11.3 Å². The van der Waals surface area contributed by atoms with Gasteiger partial charge in [-0.3, -0.25) is 4.57 Å². The fourth-order valence-corrected chi connectivity index (χ4v) is 2.60. The molecule has 4 nitrogen and oxygen atoms in total. The fourth-order valence-electron chi connectivity index (χ4n) is 2.45. The van der Waals surface area contributed by atoms with E-state index in [2.05, 4.69) is 61.0 Å². The summed E-state index contributed by atoms with van der Waals surface area (Å²) in [7, 11) is 0. The molecule has 1 N–H and O–H groups in total. The van der Waals surface area contributed by atoms with Crippen LogP contribution in [0.2, 0.25) is 5.15 Å². The number of halogens is 1. The van der Waals surface area contributed by atoms with Crippen LogP contribution in [-0.2, 0) is 6.54 Å². The van der Waals surface area contributed by atoms with Crippen LogP contribution < -0.4 is 5.32 Å². The Morgan fingerprint density at radius 3 is 2.59 bits per heavy atom. The highest BCUT2D eigenvalue weighted by Gasteiger charge is 2.17. The Morgan fingerprint density at radius 2 is 2.00 bits per heavy atom. The van der Waals surface area contributed by atoms with Crippen LogP contribution in [0, 0.1) is 11.3 Å². The van der Waals surface area contributed by atoms with Gasteiger partial charge in [0.05, 0.1) is 0 Å². The van der Waals surface area contributed by atoms with Crippen LogP contribution in [0.15, 0.2) is 24.4 Å². The number of hydrogen-bond donors (Lipinski definition) is 1. The van der Waals surface area contributed by atoms with Crippen molar-refractivity contribution in [3.8, 4) is 0 Å². The maximum absolute atomic E-state index is 6.04. The van der Waals surface area contributed by atoms with E-state index >= 15 is 0 Å². The molecule has 0 spiro atoms. The minimum Gasteiger partial charge on any atom is -0.330 e. The van der Waals surface area contributed by atoms with Crippen LogP contribution in [0.3, 0.4) is 0 Å². The summed E-state index contributed by atoms with van der Waals surface area (Å²) >= 11 is 6.04. The second kappa shape index (κ2) is 6.29. The van der Waals surface area contributed by atoms with Crippen molar-refractivity contribution >= 4 is 28.7 Å². The molecule has 120 valence electrons. The number of fused-ring (bicyclic) bond motifs is 1. The lowest BCUT2D eigenvalue weighted by Gasteiger charge is -2.21. The van der Waals surface area contributed by atoms with Gasteiger partial charge in [0.25, 0.3) is 0 Å². The molecule has 2 rings (SSSR count). The van der Waals surface area contributed by atoms with Crippen LogP contribution in [-0.4, -0.2) is 14.5 Å². The summed E-state index contributed by atoms with van der Waals surface area (Å²) in [4.78, 5) is 9.07. The molecule has 2 aromatic heterocycles. The van der Waals surface area contributed by atoms with E-state index < -0.39 is 0 Å². The van der Waals surface area contributed by atoms with Gasteiger partial charge in [0.2, 0.25) is 5.95 Å². The molecule has 0 radical (unpaired) electrons. The molecule has 2 heterocycles. The van der Waals surface area contributed by atoms with Crippen LogP contribution in [0.1, 0.15) is 41.0 Å². The lowest BCUT2D eigenvalue weighted by Crippen LogP contribution is -2.14. The summed E-state index contributed by atoms with van der Waals surface area (Å²) in [5.41, 5.74) is 2.79. The number of anilines is 1. The number of imidazole rings is 1. The fraction of sp³-hybridized carbons (Fsp3) is 0.529. The average molecular weight is 321 g/mol. The quantitative estimate of drug-likeness (QED) is 0.779. The van der Waals surface area contributed by atoms with Gasteiger partial charge in [-0.05, 0) is 29.9 Å². The molecular formula is C17H25ClN4. The van der Waals surface area contributed by atoms with E-state index in [0.717, 1.165) is 35.8 Å². The minimum absolute atomic E-state index is 0.181. The summed E-state index contributed by atoms with van der Waals surface area (Å²) in [5.74, 6) is 1.27. The number of hydrogen-bond acceptors (Lipinski definition) is 3. The topological polar surface area (TPSA) is 42.7 Å². The van der Waals surface area contributed by atoms with E-state index in [0.29, 0.717) is 11.1 Å². The largest absolute Gasteiger partial charge is 0.330 e. The van der Waals surface area contributed by atoms with Crippen molar-refractivity contribution in [1.82, 2.24) is 14.5 Å². The summed E-state index contributed by atoms with van der Waals surface area (Å²) in [6.45, 7) is 15.9. The molecule has 0 aliphatic heterocycles. The standard InChI is InChI=1S/C17H25ClN4/c1-11(2)10-22-15-13(7-8-14(18)21-15)20-16(22)19-12(3)9-17(4,5)6/h7-8,11H,3,9-10H2,1-2,4-6H3,(H,19,20). The molecule has 0 bridgehead atoms. The number of pyridine rings is 1. The summed E-state index contributed by atoms with van der Waals surface area (Å²) < 4.78 is 2.08. The van der Waals surface area contributed by atoms with Crippen molar-refractivity contribution in [2.45, 2.75) is 47.6 Å². The third-order valence-corrected chi connectivity index (χ3v) is 3.35. The van der Waals surface area contributed by atoms with Gasteiger partial charge in [-0.15, -0.1) is 0 Å². The van der Waals surface area contributed by atoms with Gasteiger partial charge in [0, 0.05) is 12.2 Å². The summed E-state index contributed by atoms with van der Waals surface area (Å²) in [6.07, 6.45) is 0.881. The molecular weight excluding hydrogens is 296 g/mol. The number of allylic oxidation sites excluding steroid dienone is 1. The first-order chi connectivity index (χ1) is 10.2. The zero-order valence-corrected chi connectivity index (χ0v) is 14.8. The van der Waals surface area contributed by atoms with E-state index in [1.165, 1.54) is 0 Å². The zero-order chi connectivity index (χ0) is 16.5.